The number of aliphatic hydroxyl groups excluding tert-OH is 1. The highest BCUT2D eigenvalue weighted by atomic mass is 28.3. The molecule has 0 aliphatic carbocycles. The standard InChI is InChI=1S/C37H44N2O6Si/c1-7-18-38-32-17-14-29(44-4)20-31(32)37(36(38)42)24(2)35(46(5,6)30-15-12-28(43-3)13-16-30)33(45-37)21-34(41)39-22-26-11-9-8-10-25(26)19-27(39)23-40/h7-17,20,24,27,33,35,40H,1,18-19,21-23H2,2-6H3/t24-,27-,33+,35-,37+/m0/s1. The average molecular weight is 641 g/mol. The number of carbonyl (C=O) groups is 2. The molecule has 1 saturated heterocycles. The molecule has 6 rings (SSSR count). The zero-order valence-corrected chi connectivity index (χ0v) is 28.4. The van der Waals surface area contributed by atoms with Gasteiger partial charge in [0, 0.05) is 24.6 Å². The van der Waals surface area contributed by atoms with Crippen molar-refractivity contribution in [1.29, 1.82) is 0 Å². The molecule has 3 aliphatic heterocycles. The van der Waals surface area contributed by atoms with Gasteiger partial charge in [0.15, 0.2) is 5.60 Å². The van der Waals surface area contributed by atoms with Crippen molar-refractivity contribution < 1.29 is 28.9 Å². The third-order valence-electron chi connectivity index (χ3n) is 10.6. The van der Waals surface area contributed by atoms with E-state index in [1.165, 1.54) is 5.19 Å². The van der Waals surface area contributed by atoms with Gasteiger partial charge in [-0.25, -0.2) is 0 Å². The summed E-state index contributed by atoms with van der Waals surface area (Å²) in [6.07, 6.45) is 1.90. The number of methoxy groups -OCH3 is 2. The second kappa shape index (κ2) is 12.4. The minimum absolute atomic E-state index is 0.0772. The van der Waals surface area contributed by atoms with Crippen LogP contribution in [0.3, 0.4) is 0 Å². The predicted octanol–water partition coefficient (Wildman–Crippen LogP) is 4.79. The van der Waals surface area contributed by atoms with E-state index in [4.69, 9.17) is 14.2 Å². The first-order valence-corrected chi connectivity index (χ1v) is 19.1. The van der Waals surface area contributed by atoms with Gasteiger partial charge in [-0.15, -0.1) is 6.58 Å². The van der Waals surface area contributed by atoms with Crippen molar-refractivity contribution in [1.82, 2.24) is 4.90 Å². The minimum atomic E-state index is -2.44. The number of hydrogen-bond acceptors (Lipinski definition) is 6. The highest BCUT2D eigenvalue weighted by Gasteiger charge is 2.66. The fraction of sp³-hybridized carbons (Fsp3) is 0.405. The molecule has 1 fully saturated rings. The SMILES string of the molecule is C=CCN1C(=O)[C@]2(O[C@H](CC(=O)N3Cc4ccccc4C[C@H]3CO)[C@@H]([Si](C)(C)c3ccc(OC)cc3)[C@@H]2C)c2cc(OC)ccc21. The van der Waals surface area contributed by atoms with Crippen LogP contribution in [0.5, 0.6) is 11.5 Å². The highest BCUT2D eigenvalue weighted by Crippen LogP contribution is 2.60. The Morgan fingerprint density at radius 2 is 1.74 bits per heavy atom. The Hall–Kier alpha value is -3.92. The molecule has 3 aromatic rings. The lowest BCUT2D eigenvalue weighted by Crippen LogP contribution is -2.52. The van der Waals surface area contributed by atoms with Gasteiger partial charge < -0.3 is 29.1 Å². The number of ether oxygens (including phenoxy) is 3. The summed E-state index contributed by atoms with van der Waals surface area (Å²) < 4.78 is 18.2. The number of benzene rings is 3. The number of hydrogen-bond donors (Lipinski definition) is 1. The Morgan fingerprint density at radius 1 is 1.07 bits per heavy atom. The molecule has 0 saturated carbocycles. The van der Waals surface area contributed by atoms with Crippen molar-refractivity contribution in [3.8, 4) is 11.5 Å². The average Bonchev–Trinajstić information content (AvgIpc) is 3.50. The molecule has 3 heterocycles. The molecule has 0 unspecified atom stereocenters. The molecule has 3 aliphatic rings. The molecule has 0 aromatic heterocycles. The Morgan fingerprint density at radius 3 is 2.39 bits per heavy atom. The topological polar surface area (TPSA) is 88.5 Å². The maximum Gasteiger partial charge on any atom is 0.264 e. The van der Waals surface area contributed by atoms with E-state index >= 15 is 0 Å². The molecule has 0 radical (unpaired) electrons. The number of amides is 2. The van der Waals surface area contributed by atoms with E-state index in [9.17, 15) is 14.7 Å². The summed E-state index contributed by atoms with van der Waals surface area (Å²) in [5.41, 5.74) is 2.41. The van der Waals surface area contributed by atoms with Crippen LogP contribution in [0.25, 0.3) is 0 Å². The van der Waals surface area contributed by atoms with Crippen LogP contribution in [0.15, 0.2) is 79.4 Å². The zero-order valence-electron chi connectivity index (χ0n) is 27.4. The van der Waals surface area contributed by atoms with Gasteiger partial charge in [0.1, 0.15) is 11.5 Å². The summed E-state index contributed by atoms with van der Waals surface area (Å²) in [4.78, 5) is 32.5. The van der Waals surface area contributed by atoms with E-state index in [-0.39, 0.29) is 42.3 Å². The normalized spacial score (nSPS) is 25.4. The third-order valence-corrected chi connectivity index (χ3v) is 15.0. The number of rotatable bonds is 9. The molecular weight excluding hydrogens is 597 g/mol. The van der Waals surface area contributed by atoms with Crippen molar-refractivity contribution in [2.75, 3.05) is 32.3 Å². The van der Waals surface area contributed by atoms with Crippen LogP contribution in [0, 0.1) is 5.92 Å². The number of fused-ring (bicyclic) bond motifs is 3. The number of anilines is 1. The van der Waals surface area contributed by atoms with Crippen LogP contribution < -0.4 is 19.6 Å². The van der Waals surface area contributed by atoms with E-state index in [1.54, 1.807) is 30.1 Å². The fourth-order valence-corrected chi connectivity index (χ4v) is 12.3. The quantitative estimate of drug-likeness (QED) is 0.268. The van der Waals surface area contributed by atoms with Gasteiger partial charge in [0.2, 0.25) is 5.91 Å². The van der Waals surface area contributed by atoms with Crippen molar-refractivity contribution in [2.24, 2.45) is 5.92 Å². The third kappa shape index (κ3) is 5.05. The number of aliphatic hydroxyl groups is 1. The first-order chi connectivity index (χ1) is 22.1. The lowest BCUT2D eigenvalue weighted by Gasteiger charge is -2.39. The monoisotopic (exact) mass is 640 g/mol. The summed E-state index contributed by atoms with van der Waals surface area (Å²) in [6.45, 7) is 11.3. The second-order valence-electron chi connectivity index (χ2n) is 13.3. The summed E-state index contributed by atoms with van der Waals surface area (Å²) in [7, 11) is 0.832. The smallest absolute Gasteiger partial charge is 0.264 e. The zero-order chi connectivity index (χ0) is 32.8. The molecule has 5 atom stereocenters. The van der Waals surface area contributed by atoms with E-state index in [1.807, 2.05) is 48.5 Å². The van der Waals surface area contributed by atoms with Crippen LogP contribution in [0.1, 0.15) is 30.0 Å². The Kier molecular flexibility index (Phi) is 8.60. The van der Waals surface area contributed by atoms with Crippen molar-refractivity contribution in [3.63, 3.8) is 0 Å². The maximum atomic E-state index is 14.6. The van der Waals surface area contributed by atoms with Crippen molar-refractivity contribution in [3.05, 3.63) is 96.1 Å². The molecule has 1 N–H and O–H groups in total. The summed E-state index contributed by atoms with van der Waals surface area (Å²) in [5.74, 6) is 0.954. The molecule has 2 amide bonds. The first kappa shape index (κ1) is 32.0. The lowest BCUT2D eigenvalue weighted by atomic mass is 9.82. The Labute approximate surface area is 272 Å². The van der Waals surface area contributed by atoms with Gasteiger partial charge in [-0.3, -0.25) is 9.59 Å². The second-order valence-corrected chi connectivity index (χ2v) is 18.0. The van der Waals surface area contributed by atoms with Crippen molar-refractivity contribution in [2.45, 2.75) is 62.7 Å². The molecule has 242 valence electrons. The van der Waals surface area contributed by atoms with Gasteiger partial charge in [-0.2, -0.15) is 0 Å². The van der Waals surface area contributed by atoms with E-state index in [2.05, 4.69) is 44.8 Å². The highest BCUT2D eigenvalue weighted by molar-refractivity contribution is 6.91. The summed E-state index contributed by atoms with van der Waals surface area (Å²) in [5, 5.41) is 11.6. The van der Waals surface area contributed by atoms with Crippen LogP contribution in [0.4, 0.5) is 5.69 Å². The van der Waals surface area contributed by atoms with Crippen molar-refractivity contribution >= 4 is 30.8 Å². The van der Waals surface area contributed by atoms with Gasteiger partial charge in [-0.05, 0) is 53.4 Å². The van der Waals surface area contributed by atoms with E-state index < -0.39 is 19.8 Å². The van der Waals surface area contributed by atoms with Gasteiger partial charge in [0.05, 0.1) is 53.2 Å². The fourth-order valence-electron chi connectivity index (χ4n) is 8.26. The molecular formula is C37H44N2O6Si. The molecule has 8 nitrogen and oxygen atoms in total. The molecule has 3 aromatic carbocycles. The minimum Gasteiger partial charge on any atom is -0.497 e. The Balaban J connectivity index is 1.44. The molecule has 0 bridgehead atoms. The molecule has 9 heteroatoms. The predicted molar refractivity (Wildman–Crippen MR) is 181 cm³/mol. The van der Waals surface area contributed by atoms with Crippen LogP contribution in [0.2, 0.25) is 18.6 Å². The van der Waals surface area contributed by atoms with Gasteiger partial charge >= 0.3 is 0 Å². The maximum absolute atomic E-state index is 14.6. The summed E-state index contributed by atoms with van der Waals surface area (Å²) >= 11 is 0. The van der Waals surface area contributed by atoms with E-state index in [0.717, 1.165) is 28.1 Å². The Bertz CT molecular complexity index is 1640. The van der Waals surface area contributed by atoms with Crippen LogP contribution in [-0.2, 0) is 32.9 Å². The number of carbonyl (C=O) groups excluding carboxylic acids is 2. The number of nitrogens with zero attached hydrogens (tertiary/aromatic N) is 2. The molecule has 1 spiro atoms. The molecule has 46 heavy (non-hydrogen) atoms. The largest absolute Gasteiger partial charge is 0.497 e. The van der Waals surface area contributed by atoms with Crippen LogP contribution >= 0.6 is 0 Å². The lowest BCUT2D eigenvalue weighted by molar-refractivity contribution is -0.150. The summed E-state index contributed by atoms with van der Waals surface area (Å²) in [6, 6.07) is 21.6. The van der Waals surface area contributed by atoms with Gasteiger partial charge in [0.25, 0.3) is 5.91 Å². The van der Waals surface area contributed by atoms with Gasteiger partial charge in [-0.1, -0.05) is 67.7 Å². The van der Waals surface area contributed by atoms with Crippen LogP contribution in [-0.4, -0.2) is 69.4 Å². The van der Waals surface area contributed by atoms with E-state index in [0.29, 0.717) is 25.3 Å². The first-order valence-electron chi connectivity index (χ1n) is 16.0.